The molecule has 0 aliphatic rings. The molecule has 0 spiro atoms. The van der Waals surface area contributed by atoms with Crippen LogP contribution in [0.2, 0.25) is 0 Å². The number of hydrogen-bond donors (Lipinski definition) is 3. The van der Waals surface area contributed by atoms with Crippen molar-refractivity contribution in [3.05, 3.63) is 0 Å². The number of rotatable bonds is 1. The number of halogens is 1. The average molecular weight is 134 g/mol. The summed E-state index contributed by atoms with van der Waals surface area (Å²) >= 11 is 0. The molecule has 0 heterocycles. The van der Waals surface area contributed by atoms with Gasteiger partial charge in [-0.25, -0.2) is 0 Å². The monoisotopic (exact) mass is 134 g/mol. The normalized spacial score (nSPS) is 18.0. The molecule has 0 radical (unpaired) electrons. The first-order valence-corrected chi connectivity index (χ1v) is 2.80. The van der Waals surface area contributed by atoms with E-state index in [0.29, 0.717) is 0 Å². The molecule has 5 nitrogen and oxygen atoms in total. The first-order valence-electron chi connectivity index (χ1n) is 1.04. The summed E-state index contributed by atoms with van der Waals surface area (Å²) in [6.07, 6.45) is 0. The van der Waals surface area contributed by atoms with Gasteiger partial charge in [0.05, 0.1) is 0 Å². The van der Waals surface area contributed by atoms with Crippen molar-refractivity contribution in [2.24, 2.45) is 0 Å². The van der Waals surface area contributed by atoms with E-state index in [1.807, 2.05) is 4.39 Å². The Morgan fingerprint density at radius 1 is 1.43 bits per heavy atom. The Hall–Kier alpha value is -0.0800. The van der Waals surface area contributed by atoms with Gasteiger partial charge in [0.25, 0.3) is 0 Å². The smallest absolute Gasteiger partial charge is 0.266 e. The van der Waals surface area contributed by atoms with Gasteiger partial charge in [-0.1, -0.05) is 0 Å². The van der Waals surface area contributed by atoms with Crippen molar-refractivity contribution < 1.29 is 26.8 Å². The zero-order chi connectivity index (χ0) is 6.15. The fourth-order valence-electron chi connectivity index (χ4n) is 0. The van der Waals surface area contributed by atoms with E-state index in [9.17, 15) is 8.74 Å². The molecular weight excluding hydrogens is 131 g/mol. The highest BCUT2D eigenvalue weighted by Crippen LogP contribution is 2.10. The van der Waals surface area contributed by atoms with Crippen molar-refractivity contribution in [1.82, 2.24) is 0 Å². The maximum atomic E-state index is 10.4. The molecule has 7 heteroatoms. The maximum Gasteiger partial charge on any atom is 0.334 e. The molecule has 0 unspecified atom stereocenters. The Kier molecular flexibility index (Phi) is 1.19. The first kappa shape index (κ1) is 6.92. The molecule has 0 saturated carbocycles. The number of hydrogen-bond acceptors (Lipinski definition) is 2. The van der Waals surface area contributed by atoms with Crippen molar-refractivity contribution in [3.8, 4) is 0 Å². The van der Waals surface area contributed by atoms with Gasteiger partial charge in [0.2, 0.25) is 0 Å². The molecule has 3 N–H and O–H groups in total. The lowest BCUT2D eigenvalue weighted by Gasteiger charge is -2.14. The third kappa shape index (κ3) is 5.92. The van der Waals surface area contributed by atoms with Crippen LogP contribution < -0.4 is 0 Å². The molecule has 0 aromatic rings. The second-order valence-electron chi connectivity index (χ2n) is 0.823. The van der Waals surface area contributed by atoms with E-state index < -0.39 is 10.2 Å². The predicted octanol–water partition coefficient (Wildman–Crippen LogP) is 0.0416. The molecule has 0 bridgehead atoms. The van der Waals surface area contributed by atoms with E-state index in [4.69, 9.17) is 13.7 Å². The van der Waals surface area contributed by atoms with Crippen molar-refractivity contribution in [2.45, 2.75) is 0 Å². The van der Waals surface area contributed by atoms with E-state index in [-0.39, 0.29) is 0 Å². The van der Waals surface area contributed by atoms with Crippen LogP contribution in [0.5, 0.6) is 0 Å². The van der Waals surface area contributed by atoms with Crippen LogP contribution in [0.3, 0.4) is 0 Å². The fourth-order valence-corrected chi connectivity index (χ4v) is 0. The van der Waals surface area contributed by atoms with Crippen LogP contribution in [-0.4, -0.2) is 17.9 Å². The lowest BCUT2D eigenvalue weighted by molar-refractivity contribution is -0.0602. The molecule has 46 valence electrons. The minimum absolute atomic E-state index is 1.84. The van der Waals surface area contributed by atoms with Crippen LogP contribution >= 0.6 is 0 Å². The predicted molar refractivity (Wildman–Crippen MR) is 18.2 cm³/mol. The summed E-state index contributed by atoms with van der Waals surface area (Å²) in [5.41, 5.74) is 0. The second kappa shape index (κ2) is 1.20. The third-order valence-corrected chi connectivity index (χ3v) is 0.331. The second-order valence-corrected chi connectivity index (χ2v) is 2.47. The molecule has 0 atom stereocenters. The zero-order valence-electron chi connectivity index (χ0n) is 2.94. The molecule has 0 aliphatic carbocycles. The Morgan fingerprint density at radius 3 is 1.57 bits per heavy atom. The molecule has 0 saturated heterocycles. The molecule has 0 rings (SSSR count). The van der Waals surface area contributed by atoms with Crippen molar-refractivity contribution >= 4 is 10.2 Å². The van der Waals surface area contributed by atoms with Gasteiger partial charge < -0.3 is 0 Å². The maximum absolute atomic E-state index is 10.4. The zero-order valence-corrected chi connectivity index (χ0v) is 3.76. The van der Waals surface area contributed by atoms with Crippen molar-refractivity contribution in [1.29, 1.82) is 0 Å². The molecule has 0 fully saturated rings. The Morgan fingerprint density at radius 2 is 1.57 bits per heavy atom. The van der Waals surface area contributed by atoms with Gasteiger partial charge in [0.1, 0.15) is 0 Å². The Balaban J connectivity index is 4.14. The highest BCUT2D eigenvalue weighted by atomic mass is 32.3. The summed E-state index contributed by atoms with van der Waals surface area (Å²) in [7, 11) is -6.28. The van der Waals surface area contributed by atoms with Gasteiger partial charge in [0.15, 0.2) is 0 Å². The third-order valence-electron chi connectivity index (χ3n) is 0.110. The summed E-state index contributed by atoms with van der Waals surface area (Å²) < 4.78 is 43.5. The SMILES string of the molecule is O=S(O)(O)(O)OF. The van der Waals surface area contributed by atoms with Crippen LogP contribution in [0.1, 0.15) is 0 Å². The van der Waals surface area contributed by atoms with Gasteiger partial charge in [-0.15, -0.1) is 0 Å². The van der Waals surface area contributed by atoms with Gasteiger partial charge in [-0.05, 0) is 8.91 Å². The highest BCUT2D eigenvalue weighted by molar-refractivity contribution is 8.00. The van der Waals surface area contributed by atoms with Gasteiger partial charge in [0, 0.05) is 0 Å². The first-order chi connectivity index (χ1) is 2.81. The minimum Gasteiger partial charge on any atom is -0.266 e. The van der Waals surface area contributed by atoms with E-state index in [1.165, 1.54) is 0 Å². The van der Waals surface area contributed by atoms with Crippen LogP contribution in [0.15, 0.2) is 0 Å². The van der Waals surface area contributed by atoms with Gasteiger partial charge >= 0.3 is 10.2 Å². The van der Waals surface area contributed by atoms with Crippen LogP contribution in [0.25, 0.3) is 0 Å². The minimum atomic E-state index is -6.28. The molecule has 0 amide bonds. The lowest BCUT2D eigenvalue weighted by Crippen LogP contribution is -2.29. The molecular formula is H3FO5S. The van der Waals surface area contributed by atoms with Gasteiger partial charge in [-0.2, -0.15) is 4.21 Å². The quantitative estimate of drug-likeness (QED) is 0.471. The molecule has 7 heavy (non-hydrogen) atoms. The standard InChI is InChI=1S/FH3O5S/c1-6-7(2,3,4)5/h(H3,2,3,4,5). The summed E-state index contributed by atoms with van der Waals surface area (Å²) in [4.78, 5) is 0. The summed E-state index contributed by atoms with van der Waals surface area (Å²) in [5.74, 6) is 0. The Labute approximate surface area is 38.1 Å². The van der Waals surface area contributed by atoms with Gasteiger partial charge in [-0.3, -0.25) is 13.7 Å². The van der Waals surface area contributed by atoms with Crippen molar-refractivity contribution in [3.63, 3.8) is 0 Å². The van der Waals surface area contributed by atoms with E-state index >= 15 is 0 Å². The van der Waals surface area contributed by atoms with Crippen molar-refractivity contribution in [2.75, 3.05) is 0 Å². The fraction of sp³-hybridized carbons (Fsp3) is 0. The molecule has 0 aromatic heterocycles. The summed E-state index contributed by atoms with van der Waals surface area (Å²) in [5, 5.41) is 0. The summed E-state index contributed by atoms with van der Waals surface area (Å²) in [6, 6.07) is 0. The van der Waals surface area contributed by atoms with Crippen LogP contribution in [0.4, 0.5) is 4.53 Å². The Bertz CT molecular complexity index is 109. The van der Waals surface area contributed by atoms with E-state index in [0.717, 1.165) is 0 Å². The van der Waals surface area contributed by atoms with E-state index in [1.54, 1.807) is 0 Å². The average Bonchev–Trinajstić information content (AvgIpc) is 1.32. The molecule has 0 aliphatic heterocycles. The molecule has 0 aromatic carbocycles. The largest absolute Gasteiger partial charge is 0.334 e. The van der Waals surface area contributed by atoms with Crippen LogP contribution in [-0.2, 0) is 14.6 Å². The van der Waals surface area contributed by atoms with Crippen LogP contribution in [0, 0.1) is 0 Å². The summed E-state index contributed by atoms with van der Waals surface area (Å²) in [6.45, 7) is 0. The lowest BCUT2D eigenvalue weighted by atomic mass is 15.6. The highest BCUT2D eigenvalue weighted by Gasteiger charge is 2.26. The van der Waals surface area contributed by atoms with E-state index in [2.05, 4.69) is 0 Å². The topological polar surface area (TPSA) is 87.0 Å².